The minimum Gasteiger partial charge on any atom is -0.275 e. The van der Waals surface area contributed by atoms with Crippen molar-refractivity contribution in [2.24, 2.45) is 0 Å². The van der Waals surface area contributed by atoms with Gasteiger partial charge in [0, 0.05) is 11.3 Å². The number of aryl methyl sites for hydroxylation is 1. The predicted molar refractivity (Wildman–Crippen MR) is 49.9 cm³/mol. The zero-order valence-corrected chi connectivity index (χ0v) is 7.99. The molecule has 3 nitrogen and oxygen atoms in total. The molecular weight excluding hydrogens is 210 g/mol. The highest BCUT2D eigenvalue weighted by Gasteiger charge is 2.17. The molecule has 0 atom stereocenters. The lowest BCUT2D eigenvalue weighted by atomic mass is 10.2. The molecule has 0 radical (unpaired) electrons. The highest BCUT2D eigenvalue weighted by Crippen LogP contribution is 2.26. The van der Waals surface area contributed by atoms with E-state index in [-0.39, 0.29) is 10.9 Å². The molecule has 0 bridgehead atoms. The highest BCUT2D eigenvalue weighted by atomic mass is 32.1. The second kappa shape index (κ2) is 3.13. The normalized spacial score (nSPS) is 11.4. The molecule has 0 fully saturated rings. The van der Waals surface area contributed by atoms with Gasteiger partial charge in [0.25, 0.3) is 12.0 Å². The number of nitrogens with one attached hydrogen (secondary N) is 1. The van der Waals surface area contributed by atoms with Gasteiger partial charge in [0.2, 0.25) is 0 Å². The van der Waals surface area contributed by atoms with Crippen LogP contribution in [0.1, 0.15) is 17.7 Å². The van der Waals surface area contributed by atoms with Crippen LogP contribution in [0.3, 0.4) is 0 Å². The number of rotatable bonds is 1. The Labute approximate surface area is 81.6 Å². The molecule has 0 aliphatic rings. The monoisotopic (exact) mass is 216 g/mol. The molecule has 0 spiro atoms. The summed E-state index contributed by atoms with van der Waals surface area (Å²) < 4.78 is 27.5. The molecule has 1 N–H and O–H groups in total. The third-order valence-corrected chi connectivity index (χ3v) is 2.62. The summed E-state index contributed by atoms with van der Waals surface area (Å²) in [4.78, 5) is 15.5. The summed E-state index contributed by atoms with van der Waals surface area (Å²) in [6, 6.07) is 1.24. The largest absolute Gasteiger partial charge is 0.275 e. The molecule has 0 saturated carbocycles. The van der Waals surface area contributed by atoms with E-state index in [1.165, 1.54) is 6.07 Å². The standard InChI is InChI=1S/C8H6F2N2OS/c1-3-2-4(6(9)10)5-7(13)12-14-8(5)11-3/h2,6H,1H3,(H,12,13). The first kappa shape index (κ1) is 9.26. The summed E-state index contributed by atoms with van der Waals surface area (Å²) in [7, 11) is 0. The molecule has 0 aliphatic carbocycles. The number of halogens is 2. The van der Waals surface area contributed by atoms with Gasteiger partial charge >= 0.3 is 0 Å². The van der Waals surface area contributed by atoms with Crippen LogP contribution in [0.15, 0.2) is 10.9 Å². The molecule has 6 heteroatoms. The second-order valence-electron chi connectivity index (χ2n) is 2.87. The molecule has 0 saturated heterocycles. The van der Waals surface area contributed by atoms with Crippen LogP contribution < -0.4 is 5.56 Å². The molecule has 2 aromatic heterocycles. The molecule has 0 amide bonds. The molecule has 0 aromatic carbocycles. The van der Waals surface area contributed by atoms with E-state index in [0.29, 0.717) is 10.5 Å². The van der Waals surface area contributed by atoms with Crippen molar-refractivity contribution in [3.63, 3.8) is 0 Å². The van der Waals surface area contributed by atoms with E-state index >= 15 is 0 Å². The topological polar surface area (TPSA) is 45.8 Å². The van der Waals surface area contributed by atoms with E-state index in [1.54, 1.807) is 6.92 Å². The fraction of sp³-hybridized carbons (Fsp3) is 0.250. The van der Waals surface area contributed by atoms with Crippen molar-refractivity contribution < 1.29 is 8.78 Å². The van der Waals surface area contributed by atoms with Crippen molar-refractivity contribution in [1.82, 2.24) is 9.36 Å². The van der Waals surface area contributed by atoms with Crippen LogP contribution >= 0.6 is 11.5 Å². The van der Waals surface area contributed by atoms with Gasteiger partial charge in [-0.1, -0.05) is 0 Å². The number of H-pyrrole nitrogens is 1. The molecule has 0 aliphatic heterocycles. The SMILES string of the molecule is Cc1cc(C(F)F)c2c(=O)[nH]sc2n1. The number of hydrogen-bond acceptors (Lipinski definition) is 3. The Morgan fingerprint density at radius 1 is 1.57 bits per heavy atom. The summed E-state index contributed by atoms with van der Waals surface area (Å²) in [6.07, 6.45) is -2.64. The lowest BCUT2D eigenvalue weighted by molar-refractivity contribution is 0.153. The van der Waals surface area contributed by atoms with Crippen LogP contribution in [-0.4, -0.2) is 9.36 Å². The maximum atomic E-state index is 12.6. The van der Waals surface area contributed by atoms with Crippen molar-refractivity contribution in [1.29, 1.82) is 0 Å². The Morgan fingerprint density at radius 3 is 2.93 bits per heavy atom. The van der Waals surface area contributed by atoms with Gasteiger partial charge in [-0.25, -0.2) is 13.8 Å². The lowest BCUT2D eigenvalue weighted by Gasteiger charge is -2.00. The Hall–Kier alpha value is -1.30. The van der Waals surface area contributed by atoms with E-state index in [0.717, 1.165) is 11.5 Å². The maximum absolute atomic E-state index is 12.6. The van der Waals surface area contributed by atoms with Gasteiger partial charge in [0.15, 0.2) is 0 Å². The van der Waals surface area contributed by atoms with Crippen LogP contribution in [0.4, 0.5) is 8.78 Å². The maximum Gasteiger partial charge on any atom is 0.268 e. The molecule has 14 heavy (non-hydrogen) atoms. The first-order chi connectivity index (χ1) is 6.59. The lowest BCUT2D eigenvalue weighted by Crippen LogP contribution is -2.02. The molecule has 0 unspecified atom stereocenters. The number of fused-ring (bicyclic) bond motifs is 1. The summed E-state index contributed by atoms with van der Waals surface area (Å²) in [6.45, 7) is 1.62. The van der Waals surface area contributed by atoms with Gasteiger partial charge < -0.3 is 0 Å². The fourth-order valence-corrected chi connectivity index (χ4v) is 2.08. The van der Waals surface area contributed by atoms with Crippen LogP contribution in [0.2, 0.25) is 0 Å². The van der Waals surface area contributed by atoms with Crippen molar-refractivity contribution in [2.45, 2.75) is 13.3 Å². The first-order valence-electron chi connectivity index (χ1n) is 3.86. The van der Waals surface area contributed by atoms with Gasteiger partial charge in [-0.05, 0) is 24.5 Å². The Kier molecular flexibility index (Phi) is 2.07. The zero-order chi connectivity index (χ0) is 10.3. The summed E-state index contributed by atoms with van der Waals surface area (Å²) in [5.41, 5.74) is -0.245. The van der Waals surface area contributed by atoms with E-state index in [9.17, 15) is 13.6 Å². The van der Waals surface area contributed by atoms with Crippen LogP contribution in [0, 0.1) is 6.92 Å². The van der Waals surface area contributed by atoms with Crippen molar-refractivity contribution in [3.8, 4) is 0 Å². The van der Waals surface area contributed by atoms with Crippen molar-refractivity contribution in [2.75, 3.05) is 0 Å². The minimum absolute atomic E-state index is 0.00981. The van der Waals surface area contributed by atoms with E-state index in [1.807, 2.05) is 0 Å². The van der Waals surface area contributed by atoms with Crippen molar-refractivity contribution in [3.05, 3.63) is 27.7 Å². The third kappa shape index (κ3) is 1.31. The second-order valence-corrected chi connectivity index (χ2v) is 3.66. The van der Waals surface area contributed by atoms with Gasteiger partial charge in [-0.2, -0.15) is 0 Å². The summed E-state index contributed by atoms with van der Waals surface area (Å²) >= 11 is 0.978. The number of hydrogen-bond donors (Lipinski definition) is 1. The van der Waals surface area contributed by atoms with Crippen molar-refractivity contribution >= 4 is 21.7 Å². The molecule has 74 valence electrons. The average molecular weight is 216 g/mol. The fourth-order valence-electron chi connectivity index (χ4n) is 1.29. The van der Waals surface area contributed by atoms with E-state index < -0.39 is 12.0 Å². The Balaban J connectivity index is 2.91. The number of aromatic nitrogens is 2. The Morgan fingerprint density at radius 2 is 2.29 bits per heavy atom. The quantitative estimate of drug-likeness (QED) is 0.794. The van der Waals surface area contributed by atoms with Gasteiger partial charge in [-0.3, -0.25) is 9.17 Å². The number of nitrogens with zero attached hydrogens (tertiary/aromatic N) is 1. The van der Waals surface area contributed by atoms with Gasteiger partial charge in [-0.15, -0.1) is 0 Å². The molecule has 2 aromatic rings. The van der Waals surface area contributed by atoms with Crippen LogP contribution in [0.25, 0.3) is 10.2 Å². The van der Waals surface area contributed by atoms with Gasteiger partial charge in [0.1, 0.15) is 4.83 Å². The molecular formula is C8H6F2N2OS. The van der Waals surface area contributed by atoms with E-state index in [4.69, 9.17) is 0 Å². The number of aromatic amines is 1. The Bertz CT molecular complexity index is 532. The summed E-state index contributed by atoms with van der Waals surface area (Å²) in [5, 5.41) is 0.00981. The smallest absolute Gasteiger partial charge is 0.268 e. The number of alkyl halides is 2. The first-order valence-corrected chi connectivity index (χ1v) is 4.68. The van der Waals surface area contributed by atoms with Gasteiger partial charge in [0.05, 0.1) is 5.39 Å². The number of pyridine rings is 1. The summed E-state index contributed by atoms with van der Waals surface area (Å²) in [5.74, 6) is 0. The van der Waals surface area contributed by atoms with Crippen LogP contribution in [-0.2, 0) is 0 Å². The van der Waals surface area contributed by atoms with Crippen LogP contribution in [0.5, 0.6) is 0 Å². The zero-order valence-electron chi connectivity index (χ0n) is 7.17. The third-order valence-electron chi connectivity index (χ3n) is 1.85. The average Bonchev–Trinajstić information content (AvgIpc) is 2.46. The van der Waals surface area contributed by atoms with E-state index in [2.05, 4.69) is 9.36 Å². The predicted octanol–water partition coefficient (Wildman–Crippen LogP) is 2.23. The minimum atomic E-state index is -2.64. The molecule has 2 rings (SSSR count). The molecule has 2 heterocycles. The highest BCUT2D eigenvalue weighted by molar-refractivity contribution is 7.12.